The molecular weight excluding hydrogens is 257 g/mol. The van der Waals surface area contributed by atoms with Crippen LogP contribution in [0.25, 0.3) is 0 Å². The lowest BCUT2D eigenvalue weighted by Gasteiger charge is -2.33. The summed E-state index contributed by atoms with van der Waals surface area (Å²) in [6.45, 7) is 5.77. The van der Waals surface area contributed by atoms with E-state index >= 15 is 0 Å². The van der Waals surface area contributed by atoms with E-state index in [1.165, 1.54) is 12.1 Å². The van der Waals surface area contributed by atoms with Crippen LogP contribution in [0.15, 0.2) is 35.5 Å². The predicted molar refractivity (Wildman–Crippen MR) is 72.9 cm³/mol. The smallest absolute Gasteiger partial charge is 0.319 e. The number of nitrogens with zero attached hydrogens (tertiary/aromatic N) is 1. The molecule has 0 unspecified atom stereocenters. The van der Waals surface area contributed by atoms with Crippen LogP contribution in [0.3, 0.4) is 0 Å². The summed E-state index contributed by atoms with van der Waals surface area (Å²) >= 11 is 0. The first kappa shape index (κ1) is 14.1. The van der Waals surface area contributed by atoms with Crippen molar-refractivity contribution in [2.75, 3.05) is 0 Å². The summed E-state index contributed by atoms with van der Waals surface area (Å²) in [5.41, 5.74) is 1.36. The molecule has 4 nitrogen and oxygen atoms in total. The Morgan fingerprint density at radius 1 is 1.25 bits per heavy atom. The van der Waals surface area contributed by atoms with E-state index in [4.69, 9.17) is 0 Å². The summed E-state index contributed by atoms with van der Waals surface area (Å²) in [5, 5.41) is 14.8. The number of allylic oxidation sites excluding steroid dienone is 1. The molecule has 5 heteroatoms. The Morgan fingerprint density at radius 3 is 2.35 bits per heavy atom. The highest BCUT2D eigenvalue weighted by Crippen LogP contribution is 2.34. The molecule has 1 aromatic rings. The van der Waals surface area contributed by atoms with Crippen molar-refractivity contribution >= 4 is 6.03 Å². The number of nitrogens with one attached hydrogen (secondary N) is 2. The zero-order chi connectivity index (χ0) is 14.9. The second-order valence-corrected chi connectivity index (χ2v) is 5.73. The van der Waals surface area contributed by atoms with Crippen LogP contribution in [0.5, 0.6) is 0 Å². The molecular formula is C15H16FN3O. The molecule has 0 aliphatic carbocycles. The Labute approximate surface area is 117 Å². The largest absolute Gasteiger partial charge is 0.326 e. The zero-order valence-corrected chi connectivity index (χ0v) is 11.6. The number of benzene rings is 1. The first-order valence-electron chi connectivity index (χ1n) is 6.30. The van der Waals surface area contributed by atoms with E-state index in [0.29, 0.717) is 16.8 Å². The normalized spacial score (nSPS) is 19.1. The van der Waals surface area contributed by atoms with Gasteiger partial charge in [0.2, 0.25) is 0 Å². The maximum Gasteiger partial charge on any atom is 0.319 e. The van der Waals surface area contributed by atoms with Gasteiger partial charge in [-0.2, -0.15) is 5.26 Å². The predicted octanol–water partition coefficient (Wildman–Crippen LogP) is 3.00. The third-order valence-corrected chi connectivity index (χ3v) is 3.15. The molecule has 20 heavy (non-hydrogen) atoms. The number of carbonyl (C=O) groups excluding carboxylic acids is 1. The summed E-state index contributed by atoms with van der Waals surface area (Å²) in [4.78, 5) is 11.8. The van der Waals surface area contributed by atoms with Crippen LogP contribution in [0.4, 0.5) is 9.18 Å². The lowest BCUT2D eigenvalue weighted by Crippen LogP contribution is -2.46. The second kappa shape index (κ2) is 4.97. The van der Waals surface area contributed by atoms with Crippen molar-refractivity contribution in [1.82, 2.24) is 10.6 Å². The standard InChI is InChI=1S/C15H16FN3O/c1-15(2,3)13-11(8-17)12(18-14(20)19-13)9-4-6-10(16)7-5-9/h4-7,12H,1-3H3,(H2,18,19,20)/t12-/m0/s1. The minimum atomic E-state index is -0.552. The van der Waals surface area contributed by atoms with Crippen LogP contribution in [0, 0.1) is 22.6 Å². The van der Waals surface area contributed by atoms with Crippen LogP contribution in [0.1, 0.15) is 32.4 Å². The Hall–Kier alpha value is -2.35. The van der Waals surface area contributed by atoms with Crippen molar-refractivity contribution in [2.45, 2.75) is 26.8 Å². The SMILES string of the molecule is CC(C)(C)C1=C(C#N)[C@H](c2ccc(F)cc2)NC(=O)N1. The van der Waals surface area contributed by atoms with Crippen molar-refractivity contribution < 1.29 is 9.18 Å². The number of urea groups is 1. The molecule has 1 aliphatic heterocycles. The van der Waals surface area contributed by atoms with Crippen molar-refractivity contribution in [2.24, 2.45) is 5.41 Å². The van der Waals surface area contributed by atoms with E-state index in [9.17, 15) is 14.4 Å². The van der Waals surface area contributed by atoms with Gasteiger partial charge < -0.3 is 10.6 Å². The number of nitriles is 1. The first-order chi connectivity index (χ1) is 9.32. The molecule has 0 saturated heterocycles. The molecule has 0 bridgehead atoms. The van der Waals surface area contributed by atoms with Gasteiger partial charge in [-0.05, 0) is 17.7 Å². The Kier molecular flexibility index (Phi) is 3.49. The van der Waals surface area contributed by atoms with E-state index in [1.807, 2.05) is 20.8 Å². The second-order valence-electron chi connectivity index (χ2n) is 5.73. The summed E-state index contributed by atoms with van der Waals surface area (Å²) in [6, 6.07) is 7.02. The molecule has 2 rings (SSSR count). The van der Waals surface area contributed by atoms with Gasteiger partial charge in [0.25, 0.3) is 0 Å². The molecule has 0 spiro atoms. The minimum Gasteiger partial charge on any atom is -0.326 e. The molecule has 0 radical (unpaired) electrons. The van der Waals surface area contributed by atoms with E-state index in [0.717, 1.165) is 0 Å². The fraction of sp³-hybridized carbons (Fsp3) is 0.333. The van der Waals surface area contributed by atoms with Crippen molar-refractivity contribution in [1.29, 1.82) is 5.26 Å². The number of amides is 2. The average Bonchev–Trinajstić information content (AvgIpc) is 2.37. The molecule has 0 fully saturated rings. The number of halogens is 1. The number of hydrogen-bond donors (Lipinski definition) is 2. The van der Waals surface area contributed by atoms with Gasteiger partial charge in [-0.15, -0.1) is 0 Å². The molecule has 104 valence electrons. The highest BCUT2D eigenvalue weighted by atomic mass is 19.1. The van der Waals surface area contributed by atoms with Crippen LogP contribution >= 0.6 is 0 Å². The van der Waals surface area contributed by atoms with E-state index in [1.54, 1.807) is 12.1 Å². The maximum absolute atomic E-state index is 13.0. The summed E-state index contributed by atoms with van der Waals surface area (Å²) in [7, 11) is 0. The quantitative estimate of drug-likeness (QED) is 0.826. The summed E-state index contributed by atoms with van der Waals surface area (Å²) < 4.78 is 13.0. The number of rotatable bonds is 1. The monoisotopic (exact) mass is 273 g/mol. The highest BCUT2D eigenvalue weighted by Gasteiger charge is 2.33. The summed E-state index contributed by atoms with van der Waals surface area (Å²) in [5.74, 6) is -0.354. The number of carbonyl (C=O) groups is 1. The summed E-state index contributed by atoms with van der Waals surface area (Å²) in [6.07, 6.45) is 0. The van der Waals surface area contributed by atoms with Crippen molar-refractivity contribution in [3.8, 4) is 6.07 Å². The van der Waals surface area contributed by atoms with Gasteiger partial charge in [-0.25, -0.2) is 9.18 Å². The Balaban J connectivity index is 2.54. The Morgan fingerprint density at radius 2 is 1.85 bits per heavy atom. The van der Waals surface area contributed by atoms with Gasteiger partial charge in [-0.1, -0.05) is 32.9 Å². The van der Waals surface area contributed by atoms with Crippen LogP contribution in [-0.2, 0) is 0 Å². The minimum absolute atomic E-state index is 0.354. The maximum atomic E-state index is 13.0. The molecule has 1 atom stereocenters. The Bertz CT molecular complexity index is 605. The molecule has 1 aliphatic rings. The van der Waals surface area contributed by atoms with Crippen molar-refractivity contribution in [3.05, 3.63) is 46.9 Å². The molecule has 0 aromatic heterocycles. The lowest BCUT2D eigenvalue weighted by atomic mass is 9.84. The van der Waals surface area contributed by atoms with Crippen LogP contribution in [0.2, 0.25) is 0 Å². The molecule has 1 heterocycles. The van der Waals surface area contributed by atoms with E-state index in [2.05, 4.69) is 16.7 Å². The molecule has 1 aromatic carbocycles. The first-order valence-corrected chi connectivity index (χ1v) is 6.30. The molecule has 2 N–H and O–H groups in total. The highest BCUT2D eigenvalue weighted by molar-refractivity contribution is 5.80. The van der Waals surface area contributed by atoms with E-state index < -0.39 is 6.04 Å². The number of hydrogen-bond acceptors (Lipinski definition) is 2. The lowest BCUT2D eigenvalue weighted by molar-refractivity contribution is 0.235. The van der Waals surface area contributed by atoms with E-state index in [-0.39, 0.29) is 17.3 Å². The van der Waals surface area contributed by atoms with Gasteiger partial charge in [0.15, 0.2) is 0 Å². The molecule has 0 saturated carbocycles. The van der Waals surface area contributed by atoms with Gasteiger partial charge in [0.05, 0.1) is 17.7 Å². The zero-order valence-electron chi connectivity index (χ0n) is 11.6. The van der Waals surface area contributed by atoms with Gasteiger partial charge >= 0.3 is 6.03 Å². The average molecular weight is 273 g/mol. The topological polar surface area (TPSA) is 64.9 Å². The van der Waals surface area contributed by atoms with Crippen LogP contribution < -0.4 is 10.6 Å². The fourth-order valence-electron chi connectivity index (χ4n) is 2.18. The fourth-order valence-corrected chi connectivity index (χ4v) is 2.18. The van der Waals surface area contributed by atoms with Gasteiger partial charge in [0, 0.05) is 11.1 Å². The van der Waals surface area contributed by atoms with Crippen molar-refractivity contribution in [3.63, 3.8) is 0 Å². The van der Waals surface area contributed by atoms with Gasteiger partial charge in [0.1, 0.15) is 5.82 Å². The van der Waals surface area contributed by atoms with Crippen LogP contribution in [-0.4, -0.2) is 6.03 Å². The third-order valence-electron chi connectivity index (χ3n) is 3.15. The third kappa shape index (κ3) is 2.64. The van der Waals surface area contributed by atoms with Gasteiger partial charge in [-0.3, -0.25) is 0 Å². The molecule has 2 amide bonds.